The van der Waals surface area contributed by atoms with Crippen LogP contribution in [0.4, 0.5) is 0 Å². The molecule has 1 heterocycles. The lowest BCUT2D eigenvalue weighted by Crippen LogP contribution is -2.51. The van der Waals surface area contributed by atoms with Crippen LogP contribution in [-0.4, -0.2) is 35.2 Å². The number of carboxylic acids is 1. The van der Waals surface area contributed by atoms with Gasteiger partial charge >= 0.3 is 5.97 Å². The Kier molecular flexibility index (Phi) is 3.58. The summed E-state index contributed by atoms with van der Waals surface area (Å²) in [7, 11) is 0. The lowest BCUT2D eigenvalue weighted by molar-refractivity contribution is -0.141. The molecule has 1 fully saturated rings. The summed E-state index contributed by atoms with van der Waals surface area (Å²) in [6.07, 6.45) is 1.83. The highest BCUT2D eigenvalue weighted by Crippen LogP contribution is 2.22. The van der Waals surface area contributed by atoms with Crippen LogP contribution >= 0.6 is 12.6 Å². The Labute approximate surface area is 83.1 Å². The molecule has 1 unspecified atom stereocenters. The molecule has 2 atom stereocenters. The van der Waals surface area contributed by atoms with E-state index in [1.165, 1.54) is 0 Å². The van der Waals surface area contributed by atoms with Gasteiger partial charge < -0.3 is 9.84 Å². The maximum Gasteiger partial charge on any atom is 0.321 e. The molecule has 0 saturated carbocycles. The van der Waals surface area contributed by atoms with Gasteiger partial charge in [0.25, 0.3) is 0 Å². The Morgan fingerprint density at radius 3 is 2.92 bits per heavy atom. The summed E-state index contributed by atoms with van der Waals surface area (Å²) < 4.78 is 5.41. The fourth-order valence-electron chi connectivity index (χ4n) is 1.45. The van der Waals surface area contributed by atoms with E-state index in [-0.39, 0.29) is 5.75 Å². The normalized spacial score (nSPS) is 30.3. The maximum atomic E-state index is 10.7. The zero-order valence-corrected chi connectivity index (χ0v) is 8.51. The van der Waals surface area contributed by atoms with E-state index in [2.05, 4.69) is 17.9 Å². The Morgan fingerprint density at radius 1 is 1.85 bits per heavy atom. The van der Waals surface area contributed by atoms with Crippen LogP contribution in [0.25, 0.3) is 0 Å². The number of hydrogen-bond donors (Lipinski definition) is 3. The fourth-order valence-corrected chi connectivity index (χ4v) is 1.69. The molecule has 0 spiro atoms. The van der Waals surface area contributed by atoms with Crippen LogP contribution in [0.2, 0.25) is 0 Å². The number of aliphatic carboxylic acids is 1. The molecule has 0 aromatic carbocycles. The predicted molar refractivity (Wildman–Crippen MR) is 52.0 cm³/mol. The molecule has 1 rings (SSSR count). The van der Waals surface area contributed by atoms with Crippen molar-refractivity contribution >= 4 is 18.6 Å². The van der Waals surface area contributed by atoms with Gasteiger partial charge in [-0.2, -0.15) is 12.6 Å². The Balaban J connectivity index is 2.49. The SMILES string of the molecule is CC1(N[C@@H](CS)C(=O)O)CCCO1. The van der Waals surface area contributed by atoms with Gasteiger partial charge in [-0.1, -0.05) is 0 Å². The van der Waals surface area contributed by atoms with Gasteiger partial charge in [0.05, 0.1) is 0 Å². The Hall–Kier alpha value is -0.260. The molecule has 4 nitrogen and oxygen atoms in total. The smallest absolute Gasteiger partial charge is 0.321 e. The summed E-state index contributed by atoms with van der Waals surface area (Å²) in [6.45, 7) is 2.57. The molecule has 1 aliphatic heterocycles. The second kappa shape index (κ2) is 4.30. The fraction of sp³-hybridized carbons (Fsp3) is 0.875. The first-order chi connectivity index (χ1) is 6.07. The molecule has 0 aromatic heterocycles. The summed E-state index contributed by atoms with van der Waals surface area (Å²) >= 11 is 3.97. The van der Waals surface area contributed by atoms with Crippen molar-refractivity contribution in [2.45, 2.75) is 31.5 Å². The van der Waals surface area contributed by atoms with Crippen LogP contribution in [0.1, 0.15) is 19.8 Å². The van der Waals surface area contributed by atoms with Crippen molar-refractivity contribution in [3.63, 3.8) is 0 Å². The van der Waals surface area contributed by atoms with E-state index in [4.69, 9.17) is 9.84 Å². The molecule has 0 aromatic rings. The second-order valence-electron chi connectivity index (χ2n) is 3.40. The molecule has 0 radical (unpaired) electrons. The number of nitrogens with one attached hydrogen (secondary N) is 1. The monoisotopic (exact) mass is 205 g/mol. The van der Waals surface area contributed by atoms with Gasteiger partial charge in [0.15, 0.2) is 0 Å². The average molecular weight is 205 g/mol. The van der Waals surface area contributed by atoms with Gasteiger partial charge in [0.2, 0.25) is 0 Å². The highest BCUT2D eigenvalue weighted by Gasteiger charge is 2.33. The van der Waals surface area contributed by atoms with Crippen LogP contribution < -0.4 is 5.32 Å². The van der Waals surface area contributed by atoms with Crippen LogP contribution in [0.3, 0.4) is 0 Å². The second-order valence-corrected chi connectivity index (χ2v) is 3.77. The predicted octanol–water partition coefficient (Wildman–Crippen LogP) is 0.486. The maximum absolute atomic E-state index is 10.7. The summed E-state index contributed by atoms with van der Waals surface area (Å²) in [5, 5.41) is 11.7. The Morgan fingerprint density at radius 2 is 2.54 bits per heavy atom. The third kappa shape index (κ3) is 2.86. The number of thiol groups is 1. The average Bonchev–Trinajstić information content (AvgIpc) is 2.48. The molecule has 0 bridgehead atoms. The Bertz CT molecular complexity index is 192. The van der Waals surface area contributed by atoms with Crippen molar-refractivity contribution in [3.8, 4) is 0 Å². The molecule has 1 aliphatic rings. The number of carboxylic acid groups (broad SMARTS) is 1. The van der Waals surface area contributed by atoms with Gasteiger partial charge in [-0.05, 0) is 19.8 Å². The zero-order chi connectivity index (χ0) is 9.90. The van der Waals surface area contributed by atoms with Gasteiger partial charge in [-0.3, -0.25) is 10.1 Å². The molecule has 2 N–H and O–H groups in total. The summed E-state index contributed by atoms with van der Waals surface area (Å²) in [5.41, 5.74) is -0.480. The van der Waals surface area contributed by atoms with Crippen LogP contribution in [0.5, 0.6) is 0 Å². The first-order valence-electron chi connectivity index (χ1n) is 4.33. The minimum Gasteiger partial charge on any atom is -0.480 e. The van der Waals surface area contributed by atoms with Crippen molar-refractivity contribution < 1.29 is 14.6 Å². The van der Waals surface area contributed by atoms with Gasteiger partial charge in [-0.25, -0.2) is 0 Å². The highest BCUT2D eigenvalue weighted by molar-refractivity contribution is 7.80. The van der Waals surface area contributed by atoms with E-state index in [0.717, 1.165) is 12.8 Å². The number of hydrogen-bond acceptors (Lipinski definition) is 4. The number of carbonyl (C=O) groups is 1. The first kappa shape index (κ1) is 10.8. The molecular formula is C8H15NO3S. The molecule has 13 heavy (non-hydrogen) atoms. The molecule has 0 amide bonds. The lowest BCUT2D eigenvalue weighted by Gasteiger charge is -2.28. The van der Waals surface area contributed by atoms with Gasteiger partial charge in [0.1, 0.15) is 11.8 Å². The van der Waals surface area contributed by atoms with Crippen LogP contribution in [-0.2, 0) is 9.53 Å². The van der Waals surface area contributed by atoms with E-state index in [1.54, 1.807) is 0 Å². The molecule has 0 aliphatic carbocycles. The van der Waals surface area contributed by atoms with E-state index < -0.39 is 17.7 Å². The first-order valence-corrected chi connectivity index (χ1v) is 4.96. The highest BCUT2D eigenvalue weighted by atomic mass is 32.1. The van der Waals surface area contributed by atoms with Crippen molar-refractivity contribution in [1.29, 1.82) is 0 Å². The molecule has 1 saturated heterocycles. The minimum atomic E-state index is -0.883. The molecular weight excluding hydrogens is 190 g/mol. The summed E-state index contributed by atoms with van der Waals surface area (Å²) in [6, 6.07) is -0.633. The van der Waals surface area contributed by atoms with Crippen molar-refractivity contribution in [2.24, 2.45) is 0 Å². The standard InChI is InChI=1S/C8H15NO3S/c1-8(3-2-4-12-8)9-6(5-13)7(10)11/h6,9,13H,2-5H2,1H3,(H,10,11)/t6-,8?/m0/s1. The van der Waals surface area contributed by atoms with Crippen LogP contribution in [0, 0.1) is 0 Å². The van der Waals surface area contributed by atoms with Crippen LogP contribution in [0.15, 0.2) is 0 Å². The van der Waals surface area contributed by atoms with E-state index in [9.17, 15) is 4.79 Å². The lowest BCUT2D eigenvalue weighted by atomic mass is 10.1. The third-order valence-corrected chi connectivity index (χ3v) is 2.54. The summed E-state index contributed by atoms with van der Waals surface area (Å²) in [4.78, 5) is 10.7. The topological polar surface area (TPSA) is 58.6 Å². The number of ether oxygens (including phenoxy) is 1. The van der Waals surface area contributed by atoms with E-state index in [1.807, 2.05) is 6.92 Å². The third-order valence-electron chi connectivity index (χ3n) is 2.18. The number of rotatable bonds is 4. The van der Waals surface area contributed by atoms with Crippen molar-refractivity contribution in [2.75, 3.05) is 12.4 Å². The van der Waals surface area contributed by atoms with Crippen molar-refractivity contribution in [1.82, 2.24) is 5.32 Å². The van der Waals surface area contributed by atoms with Gasteiger partial charge in [0, 0.05) is 12.4 Å². The molecule has 5 heteroatoms. The minimum absolute atomic E-state index is 0.272. The zero-order valence-electron chi connectivity index (χ0n) is 7.62. The van der Waals surface area contributed by atoms with E-state index in [0.29, 0.717) is 6.61 Å². The summed E-state index contributed by atoms with van der Waals surface area (Å²) in [5.74, 6) is -0.611. The van der Waals surface area contributed by atoms with E-state index >= 15 is 0 Å². The molecule has 76 valence electrons. The van der Waals surface area contributed by atoms with Gasteiger partial charge in [-0.15, -0.1) is 0 Å². The van der Waals surface area contributed by atoms with Crippen molar-refractivity contribution in [3.05, 3.63) is 0 Å². The largest absolute Gasteiger partial charge is 0.480 e. The quantitative estimate of drug-likeness (QED) is 0.584.